The van der Waals surface area contributed by atoms with Gasteiger partial charge in [0.25, 0.3) is 0 Å². The number of halogens is 1. The summed E-state index contributed by atoms with van der Waals surface area (Å²) < 4.78 is 0. The lowest BCUT2D eigenvalue weighted by Crippen LogP contribution is -2.23. The molecule has 0 saturated heterocycles. The van der Waals surface area contributed by atoms with Gasteiger partial charge in [0, 0.05) is 25.5 Å². The quantitative estimate of drug-likeness (QED) is 0.732. The number of aromatic nitrogens is 1. The second kappa shape index (κ2) is 4.84. The first-order chi connectivity index (χ1) is 7.25. The summed E-state index contributed by atoms with van der Waals surface area (Å²) in [6, 6.07) is 3.94. The highest BCUT2D eigenvalue weighted by molar-refractivity contribution is 6.29. The number of nitrogens with zero attached hydrogens (tertiary/aromatic N) is 2. The number of hydrogen-bond acceptors (Lipinski definition) is 2. The van der Waals surface area contributed by atoms with Crippen LogP contribution in [0.3, 0.4) is 0 Å². The summed E-state index contributed by atoms with van der Waals surface area (Å²) >= 11 is 5.87. The van der Waals surface area contributed by atoms with Gasteiger partial charge in [-0.2, -0.15) is 0 Å². The molecule has 82 valence electrons. The van der Waals surface area contributed by atoms with Crippen LogP contribution in [0, 0.1) is 5.92 Å². The standard InChI is InChI=1S/C12H17ClN2/c1-15(9-10-4-2-3-5-10)11-6-7-14-12(13)8-11/h6-8,10H,2-5,9H2,1H3. The summed E-state index contributed by atoms with van der Waals surface area (Å²) in [7, 11) is 2.13. The maximum Gasteiger partial charge on any atom is 0.131 e. The molecule has 0 atom stereocenters. The first-order valence-electron chi connectivity index (χ1n) is 5.58. The maximum absolute atomic E-state index is 5.87. The molecule has 1 aliphatic rings. The molecule has 1 aliphatic carbocycles. The Labute approximate surface area is 96.3 Å². The topological polar surface area (TPSA) is 16.1 Å². The molecule has 1 heterocycles. The van der Waals surface area contributed by atoms with Gasteiger partial charge in [0.05, 0.1) is 0 Å². The zero-order valence-electron chi connectivity index (χ0n) is 9.12. The molecular formula is C12H17ClN2. The van der Waals surface area contributed by atoms with Crippen molar-refractivity contribution in [1.82, 2.24) is 4.98 Å². The Hall–Kier alpha value is -0.760. The molecule has 1 fully saturated rings. The Bertz CT molecular complexity index is 321. The summed E-state index contributed by atoms with van der Waals surface area (Å²) in [5, 5.41) is 0.575. The smallest absolute Gasteiger partial charge is 0.131 e. The predicted octanol–water partition coefficient (Wildman–Crippen LogP) is 3.36. The van der Waals surface area contributed by atoms with Crippen LogP contribution in [0.2, 0.25) is 5.15 Å². The van der Waals surface area contributed by atoms with Crippen LogP contribution in [0.15, 0.2) is 18.3 Å². The molecule has 1 saturated carbocycles. The van der Waals surface area contributed by atoms with Crippen LogP contribution < -0.4 is 4.90 Å². The fourth-order valence-corrected chi connectivity index (χ4v) is 2.48. The highest BCUT2D eigenvalue weighted by atomic mass is 35.5. The van der Waals surface area contributed by atoms with Crippen LogP contribution in [0.25, 0.3) is 0 Å². The normalized spacial score (nSPS) is 16.9. The van der Waals surface area contributed by atoms with Gasteiger partial charge in [0.2, 0.25) is 0 Å². The molecule has 0 N–H and O–H groups in total. The molecular weight excluding hydrogens is 208 g/mol. The van der Waals surface area contributed by atoms with E-state index >= 15 is 0 Å². The van der Waals surface area contributed by atoms with Crippen LogP contribution >= 0.6 is 11.6 Å². The molecule has 0 radical (unpaired) electrons. The minimum atomic E-state index is 0.575. The summed E-state index contributed by atoms with van der Waals surface area (Å²) in [5.74, 6) is 0.863. The van der Waals surface area contributed by atoms with E-state index in [0.29, 0.717) is 5.15 Å². The number of rotatable bonds is 3. The monoisotopic (exact) mass is 224 g/mol. The lowest BCUT2D eigenvalue weighted by Gasteiger charge is -2.22. The summed E-state index contributed by atoms with van der Waals surface area (Å²) in [6.45, 7) is 1.14. The van der Waals surface area contributed by atoms with Gasteiger partial charge in [-0.3, -0.25) is 0 Å². The summed E-state index contributed by atoms with van der Waals surface area (Å²) in [6.07, 6.45) is 7.32. The Morgan fingerprint density at radius 1 is 1.47 bits per heavy atom. The summed E-state index contributed by atoms with van der Waals surface area (Å²) in [4.78, 5) is 6.27. The molecule has 2 nitrogen and oxygen atoms in total. The molecule has 0 spiro atoms. The zero-order valence-corrected chi connectivity index (χ0v) is 9.87. The molecule has 0 aromatic carbocycles. The highest BCUT2D eigenvalue weighted by Crippen LogP contribution is 2.27. The van der Waals surface area contributed by atoms with E-state index in [1.54, 1.807) is 6.20 Å². The van der Waals surface area contributed by atoms with Crippen molar-refractivity contribution in [3.63, 3.8) is 0 Å². The Kier molecular flexibility index (Phi) is 3.47. The Morgan fingerprint density at radius 2 is 2.20 bits per heavy atom. The van der Waals surface area contributed by atoms with Gasteiger partial charge in [0.1, 0.15) is 5.15 Å². The van der Waals surface area contributed by atoms with E-state index in [4.69, 9.17) is 11.6 Å². The van der Waals surface area contributed by atoms with Crippen molar-refractivity contribution in [2.45, 2.75) is 25.7 Å². The summed E-state index contributed by atoms with van der Waals surface area (Å²) in [5.41, 5.74) is 1.17. The second-order valence-corrected chi connectivity index (χ2v) is 4.76. The average Bonchev–Trinajstić information content (AvgIpc) is 2.70. The van der Waals surface area contributed by atoms with Gasteiger partial charge in [0.15, 0.2) is 0 Å². The lowest BCUT2D eigenvalue weighted by molar-refractivity contribution is 0.547. The number of anilines is 1. The molecule has 3 heteroatoms. The van der Waals surface area contributed by atoms with E-state index in [1.807, 2.05) is 12.1 Å². The van der Waals surface area contributed by atoms with E-state index in [0.717, 1.165) is 12.5 Å². The maximum atomic E-state index is 5.87. The van der Waals surface area contributed by atoms with E-state index in [2.05, 4.69) is 16.9 Å². The minimum Gasteiger partial charge on any atom is -0.374 e. The molecule has 15 heavy (non-hydrogen) atoms. The fraction of sp³-hybridized carbons (Fsp3) is 0.583. The molecule has 1 aromatic heterocycles. The second-order valence-electron chi connectivity index (χ2n) is 4.37. The van der Waals surface area contributed by atoms with Crippen molar-refractivity contribution in [3.8, 4) is 0 Å². The molecule has 0 bridgehead atoms. The van der Waals surface area contributed by atoms with E-state index < -0.39 is 0 Å². The minimum absolute atomic E-state index is 0.575. The van der Waals surface area contributed by atoms with E-state index in [9.17, 15) is 0 Å². The first-order valence-corrected chi connectivity index (χ1v) is 5.96. The van der Waals surface area contributed by atoms with Crippen molar-refractivity contribution in [2.75, 3.05) is 18.5 Å². The largest absolute Gasteiger partial charge is 0.374 e. The average molecular weight is 225 g/mol. The number of pyridine rings is 1. The Morgan fingerprint density at radius 3 is 2.87 bits per heavy atom. The zero-order chi connectivity index (χ0) is 10.7. The van der Waals surface area contributed by atoms with Gasteiger partial charge < -0.3 is 4.90 Å². The predicted molar refractivity (Wildman–Crippen MR) is 64.5 cm³/mol. The van der Waals surface area contributed by atoms with Gasteiger partial charge in [-0.05, 0) is 30.9 Å². The van der Waals surface area contributed by atoms with Crippen LogP contribution in [0.1, 0.15) is 25.7 Å². The third-order valence-corrected chi connectivity index (χ3v) is 3.36. The van der Waals surface area contributed by atoms with Gasteiger partial charge >= 0.3 is 0 Å². The highest BCUT2D eigenvalue weighted by Gasteiger charge is 2.16. The van der Waals surface area contributed by atoms with Crippen molar-refractivity contribution >= 4 is 17.3 Å². The molecule has 1 aromatic rings. The van der Waals surface area contributed by atoms with E-state index in [1.165, 1.54) is 31.4 Å². The third kappa shape index (κ3) is 2.85. The van der Waals surface area contributed by atoms with Crippen LogP contribution in [0.5, 0.6) is 0 Å². The third-order valence-electron chi connectivity index (χ3n) is 3.16. The first kappa shape index (κ1) is 10.7. The lowest BCUT2D eigenvalue weighted by atomic mass is 10.1. The van der Waals surface area contributed by atoms with Crippen LogP contribution in [-0.2, 0) is 0 Å². The van der Waals surface area contributed by atoms with Gasteiger partial charge in [-0.25, -0.2) is 4.98 Å². The van der Waals surface area contributed by atoms with Gasteiger partial charge in [-0.1, -0.05) is 24.4 Å². The van der Waals surface area contributed by atoms with Crippen LogP contribution in [0.4, 0.5) is 5.69 Å². The Balaban J connectivity index is 1.97. The number of hydrogen-bond donors (Lipinski definition) is 0. The van der Waals surface area contributed by atoms with E-state index in [-0.39, 0.29) is 0 Å². The SMILES string of the molecule is CN(CC1CCCC1)c1ccnc(Cl)c1. The molecule has 0 unspecified atom stereocenters. The van der Waals surface area contributed by atoms with Crippen molar-refractivity contribution in [3.05, 3.63) is 23.5 Å². The molecule has 2 rings (SSSR count). The van der Waals surface area contributed by atoms with Gasteiger partial charge in [-0.15, -0.1) is 0 Å². The molecule has 0 amide bonds. The van der Waals surface area contributed by atoms with Crippen LogP contribution in [-0.4, -0.2) is 18.6 Å². The van der Waals surface area contributed by atoms with Crippen molar-refractivity contribution in [1.29, 1.82) is 0 Å². The fourth-order valence-electron chi connectivity index (χ4n) is 2.32. The van der Waals surface area contributed by atoms with Crippen molar-refractivity contribution in [2.24, 2.45) is 5.92 Å². The molecule has 0 aliphatic heterocycles. The van der Waals surface area contributed by atoms with Crippen molar-refractivity contribution < 1.29 is 0 Å².